The molecule has 4 atom stereocenters. The number of esters is 1. The molecule has 25 heavy (non-hydrogen) atoms. The summed E-state index contributed by atoms with van der Waals surface area (Å²) in [6.07, 6.45) is 1.85. The van der Waals surface area contributed by atoms with Crippen molar-refractivity contribution in [2.45, 2.75) is 51.7 Å². The van der Waals surface area contributed by atoms with Crippen molar-refractivity contribution in [2.75, 3.05) is 7.05 Å². The van der Waals surface area contributed by atoms with Crippen LogP contribution in [0.5, 0.6) is 0 Å². The molecule has 2 N–H and O–H groups in total. The zero-order valence-corrected chi connectivity index (χ0v) is 14.5. The third-order valence-corrected chi connectivity index (χ3v) is 4.73. The fourth-order valence-electron chi connectivity index (χ4n) is 3.28. The molecule has 2 fully saturated rings. The van der Waals surface area contributed by atoms with E-state index in [1.807, 2.05) is 5.32 Å². The summed E-state index contributed by atoms with van der Waals surface area (Å²) >= 11 is 0. The predicted octanol–water partition coefficient (Wildman–Crippen LogP) is -0.0626. The van der Waals surface area contributed by atoms with Crippen molar-refractivity contribution in [3.8, 4) is 0 Å². The maximum atomic E-state index is 12.5. The summed E-state index contributed by atoms with van der Waals surface area (Å²) in [5.41, 5.74) is 0. The third-order valence-electron chi connectivity index (χ3n) is 4.73. The Hall–Kier alpha value is -2.45. The van der Waals surface area contributed by atoms with E-state index in [4.69, 9.17) is 4.74 Å². The first-order valence-electron chi connectivity index (χ1n) is 8.38. The van der Waals surface area contributed by atoms with E-state index in [-0.39, 0.29) is 23.7 Å². The quantitative estimate of drug-likeness (QED) is 0.539. The van der Waals surface area contributed by atoms with Crippen molar-refractivity contribution in [2.24, 2.45) is 11.8 Å². The summed E-state index contributed by atoms with van der Waals surface area (Å²) in [6.45, 7) is 2.70. The van der Waals surface area contributed by atoms with Gasteiger partial charge in [0.2, 0.25) is 11.8 Å². The minimum absolute atomic E-state index is 0.346. The number of hydrogen-bond donors (Lipinski definition) is 2. The topological polar surface area (TPSA) is 122 Å². The minimum Gasteiger partial charge on any atom is -0.451 e. The number of fused-ring (bicyclic) bond motifs is 1. The van der Waals surface area contributed by atoms with Crippen LogP contribution in [0, 0.1) is 11.8 Å². The molecule has 5 amide bonds. The van der Waals surface area contributed by atoms with Crippen molar-refractivity contribution in [1.82, 2.24) is 15.5 Å². The van der Waals surface area contributed by atoms with Gasteiger partial charge in [0.15, 0.2) is 6.10 Å². The molecule has 0 aromatic carbocycles. The maximum Gasteiger partial charge on any atom is 0.329 e. The molecule has 0 aromatic rings. The lowest BCUT2D eigenvalue weighted by atomic mass is 9.81. The molecule has 1 aliphatic heterocycles. The van der Waals surface area contributed by atoms with Gasteiger partial charge < -0.3 is 10.1 Å². The van der Waals surface area contributed by atoms with Gasteiger partial charge in [-0.05, 0) is 26.7 Å². The number of amides is 5. The number of urea groups is 1. The number of rotatable bonds is 4. The SMILES string of the molecule is CNC(=O)NC(=O)[C@H](C)OC(=O)[C@H](C)N1C(=O)[C@H]2CCCC[C@H]2C1=O. The molecule has 2 aliphatic rings. The van der Waals surface area contributed by atoms with Crippen molar-refractivity contribution in [1.29, 1.82) is 0 Å². The van der Waals surface area contributed by atoms with Crippen LogP contribution in [0.3, 0.4) is 0 Å². The molecule has 0 radical (unpaired) electrons. The van der Waals surface area contributed by atoms with Crippen molar-refractivity contribution >= 4 is 29.7 Å². The average Bonchev–Trinajstić information content (AvgIpc) is 2.85. The standard InChI is InChI=1S/C16H23N3O6/c1-8(15(23)25-9(2)12(20)18-16(24)17-3)19-13(21)10-6-4-5-7-11(10)14(19)22/h8-11H,4-7H2,1-3H3,(H2,17,18,20,24)/t8-,9-,10-,11+/m0/s1. The zero-order valence-electron chi connectivity index (χ0n) is 14.5. The number of carbonyl (C=O) groups is 5. The minimum atomic E-state index is -1.23. The summed E-state index contributed by atoms with van der Waals surface area (Å²) in [7, 11) is 1.34. The summed E-state index contributed by atoms with van der Waals surface area (Å²) < 4.78 is 5.00. The van der Waals surface area contributed by atoms with E-state index >= 15 is 0 Å². The van der Waals surface area contributed by atoms with Gasteiger partial charge in [-0.15, -0.1) is 0 Å². The number of hydrogen-bond acceptors (Lipinski definition) is 6. The zero-order chi connectivity index (χ0) is 18.7. The van der Waals surface area contributed by atoms with E-state index in [0.717, 1.165) is 17.7 Å². The lowest BCUT2D eigenvalue weighted by Crippen LogP contribution is -2.48. The van der Waals surface area contributed by atoms with Crippen LogP contribution < -0.4 is 10.6 Å². The highest BCUT2D eigenvalue weighted by molar-refractivity contribution is 6.08. The van der Waals surface area contributed by atoms with Crippen LogP contribution >= 0.6 is 0 Å². The Kier molecular flexibility index (Phi) is 5.76. The molecule has 138 valence electrons. The summed E-state index contributed by atoms with van der Waals surface area (Å²) in [4.78, 5) is 61.0. The fraction of sp³-hybridized carbons (Fsp3) is 0.688. The number of nitrogens with one attached hydrogen (secondary N) is 2. The van der Waals surface area contributed by atoms with Gasteiger partial charge in [-0.25, -0.2) is 9.59 Å². The summed E-state index contributed by atoms with van der Waals surface area (Å²) in [5.74, 6) is -3.06. The molecule has 9 heteroatoms. The first-order valence-corrected chi connectivity index (χ1v) is 8.38. The van der Waals surface area contributed by atoms with Crippen LogP contribution in [-0.2, 0) is 23.9 Å². The second-order valence-electron chi connectivity index (χ2n) is 6.37. The fourth-order valence-corrected chi connectivity index (χ4v) is 3.28. The van der Waals surface area contributed by atoms with E-state index < -0.39 is 30.1 Å². The van der Waals surface area contributed by atoms with Gasteiger partial charge >= 0.3 is 12.0 Å². The maximum absolute atomic E-state index is 12.5. The highest BCUT2D eigenvalue weighted by Gasteiger charge is 2.51. The van der Waals surface area contributed by atoms with Gasteiger partial charge in [0.1, 0.15) is 6.04 Å². The second-order valence-corrected chi connectivity index (χ2v) is 6.37. The normalized spacial score (nSPS) is 25.0. The molecule has 1 heterocycles. The summed E-state index contributed by atoms with van der Waals surface area (Å²) in [6, 6.07) is -1.84. The van der Waals surface area contributed by atoms with Crippen LogP contribution in [0.1, 0.15) is 39.5 Å². The molecule has 1 saturated carbocycles. The van der Waals surface area contributed by atoms with E-state index in [9.17, 15) is 24.0 Å². The lowest BCUT2D eigenvalue weighted by Gasteiger charge is -2.23. The molecular weight excluding hydrogens is 330 g/mol. The van der Waals surface area contributed by atoms with Crippen LogP contribution in [0.2, 0.25) is 0 Å². The van der Waals surface area contributed by atoms with Gasteiger partial charge in [0, 0.05) is 7.05 Å². The lowest BCUT2D eigenvalue weighted by molar-refractivity contribution is -0.163. The van der Waals surface area contributed by atoms with Crippen LogP contribution in [0.4, 0.5) is 4.79 Å². The molecule has 0 bridgehead atoms. The third kappa shape index (κ3) is 3.80. The van der Waals surface area contributed by atoms with E-state index in [2.05, 4.69) is 5.32 Å². The second kappa shape index (κ2) is 7.62. The van der Waals surface area contributed by atoms with Gasteiger partial charge in [0.05, 0.1) is 11.8 Å². The molecule has 2 rings (SSSR count). The first kappa shape index (κ1) is 18.9. The highest BCUT2D eigenvalue weighted by atomic mass is 16.5. The average molecular weight is 353 g/mol. The Morgan fingerprint density at radius 2 is 1.60 bits per heavy atom. The number of carbonyl (C=O) groups excluding carboxylic acids is 5. The Balaban J connectivity index is 1.99. The van der Waals surface area contributed by atoms with Crippen molar-refractivity contribution in [3.63, 3.8) is 0 Å². The highest BCUT2D eigenvalue weighted by Crippen LogP contribution is 2.38. The smallest absolute Gasteiger partial charge is 0.329 e. The number of ether oxygens (including phenoxy) is 1. The van der Waals surface area contributed by atoms with Crippen LogP contribution in [0.15, 0.2) is 0 Å². The largest absolute Gasteiger partial charge is 0.451 e. The van der Waals surface area contributed by atoms with Gasteiger partial charge in [-0.2, -0.15) is 0 Å². The van der Waals surface area contributed by atoms with Gasteiger partial charge in [-0.1, -0.05) is 12.8 Å². The molecule has 0 aromatic heterocycles. The Bertz CT molecular complexity index is 581. The van der Waals surface area contributed by atoms with E-state index in [0.29, 0.717) is 12.8 Å². The Morgan fingerprint density at radius 1 is 1.08 bits per heavy atom. The van der Waals surface area contributed by atoms with Gasteiger partial charge in [0.25, 0.3) is 5.91 Å². The van der Waals surface area contributed by atoms with Crippen LogP contribution in [-0.4, -0.2) is 53.8 Å². The Labute approximate surface area is 145 Å². The molecule has 0 unspecified atom stereocenters. The van der Waals surface area contributed by atoms with E-state index in [1.54, 1.807) is 0 Å². The Morgan fingerprint density at radius 3 is 2.08 bits per heavy atom. The number of likely N-dealkylation sites (tertiary alicyclic amines) is 1. The summed E-state index contributed by atoms with van der Waals surface area (Å²) in [5, 5.41) is 4.19. The van der Waals surface area contributed by atoms with E-state index in [1.165, 1.54) is 20.9 Å². The van der Waals surface area contributed by atoms with Crippen molar-refractivity contribution < 1.29 is 28.7 Å². The molecule has 9 nitrogen and oxygen atoms in total. The predicted molar refractivity (Wildman–Crippen MR) is 84.9 cm³/mol. The molecular formula is C16H23N3O6. The molecule has 1 aliphatic carbocycles. The monoisotopic (exact) mass is 353 g/mol. The van der Waals surface area contributed by atoms with Crippen molar-refractivity contribution in [3.05, 3.63) is 0 Å². The molecule has 1 saturated heterocycles. The van der Waals surface area contributed by atoms with Gasteiger partial charge in [-0.3, -0.25) is 24.6 Å². The number of nitrogens with zero attached hydrogens (tertiary/aromatic N) is 1. The molecule has 0 spiro atoms. The first-order chi connectivity index (χ1) is 11.8. The number of imide groups is 2. The van der Waals surface area contributed by atoms with Crippen LogP contribution in [0.25, 0.3) is 0 Å².